The number of halogens is 1. The lowest BCUT2D eigenvalue weighted by molar-refractivity contribution is 0.0691. The van der Waals surface area contributed by atoms with Crippen LogP contribution in [0.1, 0.15) is 16.1 Å². The standard InChI is InChI=1S/C13H10N2O3.ClH/c14-6-2-3-8-7-10(13(17)18)15-12-9(8)4-1-5-11(12)16;/h1,4-5,7,16H,6,14H2,(H,17,18);1H. The fraction of sp³-hybridized carbons (Fsp3) is 0.0769. The molecule has 0 radical (unpaired) electrons. The molecular formula is C13H11ClN2O3. The smallest absolute Gasteiger partial charge is 0.354 e. The largest absolute Gasteiger partial charge is 0.506 e. The van der Waals surface area contributed by atoms with E-state index < -0.39 is 5.97 Å². The van der Waals surface area contributed by atoms with Crippen LogP contribution in [0.4, 0.5) is 0 Å². The van der Waals surface area contributed by atoms with Gasteiger partial charge in [-0.15, -0.1) is 12.4 Å². The fourth-order valence-electron chi connectivity index (χ4n) is 1.59. The summed E-state index contributed by atoms with van der Waals surface area (Å²) in [6.07, 6.45) is 0. The molecule has 0 fully saturated rings. The highest BCUT2D eigenvalue weighted by molar-refractivity contribution is 5.95. The van der Waals surface area contributed by atoms with Gasteiger partial charge in [0.05, 0.1) is 6.54 Å². The topological polar surface area (TPSA) is 96.4 Å². The lowest BCUT2D eigenvalue weighted by atomic mass is 10.1. The lowest BCUT2D eigenvalue weighted by Crippen LogP contribution is -2.02. The zero-order valence-electron chi connectivity index (χ0n) is 9.75. The highest BCUT2D eigenvalue weighted by Gasteiger charge is 2.11. The number of benzene rings is 1. The molecule has 0 unspecified atom stereocenters. The molecule has 4 N–H and O–H groups in total. The van der Waals surface area contributed by atoms with Crippen molar-refractivity contribution >= 4 is 29.3 Å². The molecule has 0 bridgehead atoms. The summed E-state index contributed by atoms with van der Waals surface area (Å²) in [5.41, 5.74) is 5.84. The van der Waals surface area contributed by atoms with Gasteiger partial charge < -0.3 is 15.9 Å². The van der Waals surface area contributed by atoms with Crippen molar-refractivity contribution in [3.8, 4) is 17.6 Å². The molecule has 1 aromatic heterocycles. The van der Waals surface area contributed by atoms with E-state index in [1.165, 1.54) is 12.1 Å². The number of hydrogen-bond donors (Lipinski definition) is 3. The Kier molecular flexibility index (Phi) is 4.70. The lowest BCUT2D eigenvalue weighted by Gasteiger charge is -2.04. The molecule has 1 heterocycles. The summed E-state index contributed by atoms with van der Waals surface area (Å²) >= 11 is 0. The summed E-state index contributed by atoms with van der Waals surface area (Å²) in [6, 6.07) is 6.18. The molecule has 1 aromatic carbocycles. The van der Waals surface area contributed by atoms with E-state index in [1.807, 2.05) is 0 Å². The van der Waals surface area contributed by atoms with Crippen molar-refractivity contribution in [1.82, 2.24) is 4.98 Å². The number of nitrogens with two attached hydrogens (primary N) is 1. The normalized spacial score (nSPS) is 9.32. The first-order chi connectivity index (χ1) is 8.63. The number of aromatic carboxylic acids is 1. The van der Waals surface area contributed by atoms with Gasteiger partial charge >= 0.3 is 5.97 Å². The molecule has 0 spiro atoms. The van der Waals surface area contributed by atoms with Gasteiger partial charge in [0.1, 0.15) is 17.0 Å². The molecule has 2 aromatic rings. The first-order valence-electron chi connectivity index (χ1n) is 5.18. The highest BCUT2D eigenvalue weighted by atomic mass is 35.5. The summed E-state index contributed by atoms with van der Waals surface area (Å²) in [7, 11) is 0. The molecule has 6 heteroatoms. The van der Waals surface area contributed by atoms with Gasteiger partial charge in [-0.25, -0.2) is 9.78 Å². The molecule has 98 valence electrons. The Balaban J connectivity index is 0.00000180. The number of carboxylic acid groups (broad SMARTS) is 1. The number of pyridine rings is 1. The number of phenolic OH excluding ortho intramolecular Hbond substituents is 1. The Labute approximate surface area is 115 Å². The molecule has 0 aliphatic heterocycles. The van der Waals surface area contributed by atoms with E-state index in [4.69, 9.17) is 10.8 Å². The van der Waals surface area contributed by atoms with Crippen LogP contribution >= 0.6 is 12.4 Å². The number of para-hydroxylation sites is 1. The number of aromatic nitrogens is 1. The van der Waals surface area contributed by atoms with Crippen LogP contribution in [-0.4, -0.2) is 27.7 Å². The molecule has 0 atom stereocenters. The molecule has 19 heavy (non-hydrogen) atoms. The quantitative estimate of drug-likeness (QED) is 0.685. The number of carbonyl (C=O) groups is 1. The molecular weight excluding hydrogens is 268 g/mol. The zero-order chi connectivity index (χ0) is 13.1. The summed E-state index contributed by atoms with van der Waals surface area (Å²) < 4.78 is 0. The second-order valence-corrected chi connectivity index (χ2v) is 3.54. The van der Waals surface area contributed by atoms with Crippen LogP contribution < -0.4 is 5.73 Å². The monoisotopic (exact) mass is 278 g/mol. The van der Waals surface area contributed by atoms with Crippen molar-refractivity contribution in [2.45, 2.75) is 0 Å². The van der Waals surface area contributed by atoms with Crippen molar-refractivity contribution in [1.29, 1.82) is 0 Å². The minimum Gasteiger partial charge on any atom is -0.506 e. The third kappa shape index (κ3) is 2.94. The van der Waals surface area contributed by atoms with Gasteiger partial charge in [-0.1, -0.05) is 24.0 Å². The van der Waals surface area contributed by atoms with Crippen molar-refractivity contribution in [3.63, 3.8) is 0 Å². The maximum absolute atomic E-state index is 11.0. The highest BCUT2D eigenvalue weighted by Crippen LogP contribution is 2.25. The van der Waals surface area contributed by atoms with Gasteiger partial charge in [0, 0.05) is 10.9 Å². The number of fused-ring (bicyclic) bond motifs is 1. The van der Waals surface area contributed by atoms with Crippen LogP contribution in [0, 0.1) is 11.8 Å². The van der Waals surface area contributed by atoms with Gasteiger partial charge in [0.2, 0.25) is 0 Å². The molecule has 5 nitrogen and oxygen atoms in total. The van der Waals surface area contributed by atoms with E-state index in [-0.39, 0.29) is 35.9 Å². The number of phenols is 1. The molecule has 0 aliphatic rings. The maximum atomic E-state index is 11.0. The molecule has 2 rings (SSSR count). The summed E-state index contributed by atoms with van der Waals surface area (Å²) in [4.78, 5) is 14.9. The number of nitrogens with zero attached hydrogens (tertiary/aromatic N) is 1. The van der Waals surface area contributed by atoms with Gasteiger partial charge in [-0.2, -0.15) is 0 Å². The van der Waals surface area contributed by atoms with E-state index >= 15 is 0 Å². The van der Waals surface area contributed by atoms with Crippen LogP contribution in [0.2, 0.25) is 0 Å². The van der Waals surface area contributed by atoms with Crippen LogP contribution in [0.5, 0.6) is 5.75 Å². The summed E-state index contributed by atoms with van der Waals surface area (Å²) in [5.74, 6) is 4.19. The number of rotatable bonds is 1. The van der Waals surface area contributed by atoms with E-state index in [9.17, 15) is 9.90 Å². The maximum Gasteiger partial charge on any atom is 0.354 e. The number of hydrogen-bond acceptors (Lipinski definition) is 4. The van der Waals surface area contributed by atoms with Gasteiger partial charge in [0.25, 0.3) is 0 Å². The van der Waals surface area contributed by atoms with E-state index in [2.05, 4.69) is 16.8 Å². The van der Waals surface area contributed by atoms with Crippen LogP contribution in [0.15, 0.2) is 24.3 Å². The Hall–Kier alpha value is -2.29. The van der Waals surface area contributed by atoms with Crippen LogP contribution in [0.3, 0.4) is 0 Å². The third-order valence-electron chi connectivity index (χ3n) is 2.36. The fourth-order valence-corrected chi connectivity index (χ4v) is 1.59. The van der Waals surface area contributed by atoms with E-state index in [0.29, 0.717) is 10.9 Å². The molecule has 0 saturated carbocycles. The Morgan fingerprint density at radius 3 is 2.79 bits per heavy atom. The Morgan fingerprint density at radius 2 is 2.16 bits per heavy atom. The average molecular weight is 279 g/mol. The van der Waals surface area contributed by atoms with E-state index in [1.54, 1.807) is 12.1 Å². The predicted octanol–water partition coefficient (Wildman–Crippen LogP) is 1.37. The Morgan fingerprint density at radius 1 is 1.42 bits per heavy atom. The number of carboxylic acids is 1. The Bertz CT molecular complexity index is 689. The van der Waals surface area contributed by atoms with Crippen LogP contribution in [0.25, 0.3) is 10.9 Å². The van der Waals surface area contributed by atoms with Gasteiger partial charge in [-0.3, -0.25) is 0 Å². The van der Waals surface area contributed by atoms with Crippen molar-refractivity contribution in [2.24, 2.45) is 5.73 Å². The average Bonchev–Trinajstić information content (AvgIpc) is 2.36. The molecule has 0 amide bonds. The van der Waals surface area contributed by atoms with E-state index in [0.717, 1.165) is 0 Å². The second kappa shape index (κ2) is 6.05. The predicted molar refractivity (Wildman–Crippen MR) is 73.5 cm³/mol. The first-order valence-corrected chi connectivity index (χ1v) is 5.18. The zero-order valence-corrected chi connectivity index (χ0v) is 10.6. The SMILES string of the molecule is Cl.NCC#Cc1cc(C(=O)O)nc2c(O)cccc12. The molecule has 0 saturated heterocycles. The minimum absolute atomic E-state index is 0. The summed E-state index contributed by atoms with van der Waals surface area (Å²) in [6.45, 7) is 0.172. The van der Waals surface area contributed by atoms with Crippen molar-refractivity contribution in [3.05, 3.63) is 35.5 Å². The van der Waals surface area contributed by atoms with Crippen LogP contribution in [-0.2, 0) is 0 Å². The van der Waals surface area contributed by atoms with Gasteiger partial charge in [-0.05, 0) is 12.1 Å². The third-order valence-corrected chi connectivity index (χ3v) is 2.36. The minimum atomic E-state index is -1.17. The first kappa shape index (κ1) is 14.8. The second-order valence-electron chi connectivity index (χ2n) is 3.54. The molecule has 0 aliphatic carbocycles. The summed E-state index contributed by atoms with van der Waals surface area (Å²) in [5, 5.41) is 19.3. The number of aromatic hydroxyl groups is 1. The van der Waals surface area contributed by atoms with Gasteiger partial charge in [0.15, 0.2) is 0 Å². The van der Waals surface area contributed by atoms with Crippen molar-refractivity contribution < 1.29 is 15.0 Å². The van der Waals surface area contributed by atoms with Crippen molar-refractivity contribution in [2.75, 3.05) is 6.54 Å².